The van der Waals surface area contributed by atoms with E-state index in [2.05, 4.69) is 0 Å². The van der Waals surface area contributed by atoms with E-state index in [0.29, 0.717) is 0 Å². The smallest absolute Gasteiger partial charge is 0.252 e. The molecule has 1 aliphatic rings. The number of nitrogens with two attached hydrogens (primary N) is 1. The first-order valence-electron chi connectivity index (χ1n) is 6.53. The zero-order chi connectivity index (χ0) is 15.8. The van der Waals surface area contributed by atoms with Crippen molar-refractivity contribution in [2.45, 2.75) is 30.7 Å². The molecule has 2 N–H and O–H groups in total. The average Bonchev–Trinajstić information content (AvgIpc) is 3.23. The zero-order valence-corrected chi connectivity index (χ0v) is 12.6. The van der Waals surface area contributed by atoms with E-state index in [1.807, 2.05) is 0 Å². The van der Waals surface area contributed by atoms with Gasteiger partial charge < -0.3 is 10.5 Å². The Morgan fingerprint density at radius 2 is 2.10 bits per heavy atom. The third-order valence-electron chi connectivity index (χ3n) is 3.29. The van der Waals surface area contributed by atoms with Crippen LogP contribution in [0.4, 0.5) is 4.39 Å². The van der Waals surface area contributed by atoms with Gasteiger partial charge >= 0.3 is 0 Å². The summed E-state index contributed by atoms with van der Waals surface area (Å²) in [4.78, 5) is 11.0. The van der Waals surface area contributed by atoms with Crippen molar-refractivity contribution >= 4 is 15.9 Å². The highest BCUT2D eigenvalue weighted by atomic mass is 32.2. The standard InChI is InChI=1S/C13H17FN2O4S/c1-3-20-12-10(13(15)17)6-8(14)7-11(12)21(18,19)16(2)9-4-5-9/h6-7,9H,3-5H2,1-2H3,(H2,15,17). The van der Waals surface area contributed by atoms with E-state index < -0.39 is 21.7 Å². The Hall–Kier alpha value is -1.67. The van der Waals surface area contributed by atoms with Gasteiger partial charge in [0.15, 0.2) is 5.75 Å². The van der Waals surface area contributed by atoms with Gasteiger partial charge in [0, 0.05) is 13.1 Å². The number of benzene rings is 1. The summed E-state index contributed by atoms with van der Waals surface area (Å²) < 4.78 is 45.2. The third kappa shape index (κ3) is 3.01. The monoisotopic (exact) mass is 316 g/mol. The fourth-order valence-electron chi connectivity index (χ4n) is 2.03. The number of sulfonamides is 1. The summed E-state index contributed by atoms with van der Waals surface area (Å²) in [5.41, 5.74) is 4.90. The molecule has 1 saturated carbocycles. The highest BCUT2D eigenvalue weighted by Gasteiger charge is 2.37. The van der Waals surface area contributed by atoms with E-state index in [-0.39, 0.29) is 28.9 Å². The molecule has 0 heterocycles. The maximum Gasteiger partial charge on any atom is 0.252 e. The second kappa shape index (κ2) is 5.61. The van der Waals surface area contributed by atoms with Crippen molar-refractivity contribution in [1.82, 2.24) is 4.31 Å². The summed E-state index contributed by atoms with van der Waals surface area (Å²) in [6, 6.07) is 1.64. The molecule has 6 nitrogen and oxygen atoms in total. The van der Waals surface area contributed by atoms with E-state index in [1.54, 1.807) is 6.92 Å². The predicted octanol–water partition coefficient (Wildman–Crippen LogP) is 1.11. The quantitative estimate of drug-likeness (QED) is 0.851. The summed E-state index contributed by atoms with van der Waals surface area (Å²) in [6.45, 7) is 1.76. The third-order valence-corrected chi connectivity index (χ3v) is 5.21. The molecule has 21 heavy (non-hydrogen) atoms. The molecule has 0 spiro atoms. The highest BCUT2D eigenvalue weighted by Crippen LogP contribution is 2.36. The first-order valence-corrected chi connectivity index (χ1v) is 7.97. The Kier molecular flexibility index (Phi) is 4.20. The van der Waals surface area contributed by atoms with Crippen molar-refractivity contribution < 1.29 is 22.3 Å². The lowest BCUT2D eigenvalue weighted by Gasteiger charge is -2.20. The van der Waals surface area contributed by atoms with E-state index in [1.165, 1.54) is 11.4 Å². The second-order valence-electron chi connectivity index (χ2n) is 4.83. The van der Waals surface area contributed by atoms with E-state index in [9.17, 15) is 17.6 Å². The van der Waals surface area contributed by atoms with Crippen LogP contribution in [-0.4, -0.2) is 38.3 Å². The molecule has 1 aromatic rings. The SMILES string of the molecule is CCOc1c(C(N)=O)cc(F)cc1S(=O)(=O)N(C)C1CC1. The van der Waals surface area contributed by atoms with Crippen molar-refractivity contribution in [3.63, 3.8) is 0 Å². The van der Waals surface area contributed by atoms with Crippen LogP contribution in [0.1, 0.15) is 30.1 Å². The number of ether oxygens (including phenoxy) is 1. The average molecular weight is 316 g/mol. The van der Waals surface area contributed by atoms with Gasteiger partial charge in [0.05, 0.1) is 12.2 Å². The molecule has 0 saturated heterocycles. The van der Waals surface area contributed by atoms with Crippen molar-refractivity contribution in [3.05, 3.63) is 23.5 Å². The van der Waals surface area contributed by atoms with Crippen molar-refractivity contribution in [2.75, 3.05) is 13.7 Å². The van der Waals surface area contributed by atoms with Gasteiger partial charge in [-0.05, 0) is 31.9 Å². The molecule has 0 unspecified atom stereocenters. The van der Waals surface area contributed by atoms with E-state index in [4.69, 9.17) is 10.5 Å². The van der Waals surface area contributed by atoms with Gasteiger partial charge in [-0.15, -0.1) is 0 Å². The number of rotatable bonds is 6. The van der Waals surface area contributed by atoms with E-state index in [0.717, 1.165) is 25.0 Å². The fourth-order valence-corrected chi connectivity index (χ4v) is 3.60. The topological polar surface area (TPSA) is 89.7 Å². The van der Waals surface area contributed by atoms with Gasteiger partial charge in [-0.1, -0.05) is 0 Å². The van der Waals surface area contributed by atoms with Gasteiger partial charge in [0.2, 0.25) is 10.0 Å². The van der Waals surface area contributed by atoms with E-state index >= 15 is 0 Å². The lowest BCUT2D eigenvalue weighted by Crippen LogP contribution is -2.30. The van der Waals surface area contributed by atoms with Crippen molar-refractivity contribution in [1.29, 1.82) is 0 Å². The van der Waals surface area contributed by atoms with Crippen LogP contribution in [0.5, 0.6) is 5.75 Å². The summed E-state index contributed by atoms with van der Waals surface area (Å²) in [7, 11) is -2.52. The molecule has 0 radical (unpaired) electrons. The van der Waals surface area contributed by atoms with Gasteiger partial charge in [-0.25, -0.2) is 12.8 Å². The summed E-state index contributed by atoms with van der Waals surface area (Å²) >= 11 is 0. The molecule has 0 aliphatic heterocycles. The maximum absolute atomic E-state index is 13.7. The number of carbonyl (C=O) groups is 1. The van der Waals surface area contributed by atoms with Gasteiger partial charge in [0.1, 0.15) is 10.7 Å². The molecule has 2 rings (SSSR count). The normalized spacial score (nSPS) is 15.2. The summed E-state index contributed by atoms with van der Waals surface area (Å²) in [6.07, 6.45) is 1.52. The Bertz CT molecular complexity index is 671. The lowest BCUT2D eigenvalue weighted by atomic mass is 10.2. The minimum absolute atomic E-state index is 0.0928. The number of primary amides is 1. The molecule has 1 aromatic carbocycles. The van der Waals surface area contributed by atoms with Gasteiger partial charge in [0.25, 0.3) is 5.91 Å². The molecule has 0 atom stereocenters. The van der Waals surface area contributed by atoms with Crippen LogP contribution in [0.2, 0.25) is 0 Å². The van der Waals surface area contributed by atoms with Crippen LogP contribution in [0.15, 0.2) is 17.0 Å². The molecular weight excluding hydrogens is 299 g/mol. The highest BCUT2D eigenvalue weighted by molar-refractivity contribution is 7.89. The molecular formula is C13H17FN2O4S. The first-order chi connectivity index (χ1) is 9.78. The van der Waals surface area contributed by atoms with Crippen LogP contribution in [-0.2, 0) is 10.0 Å². The number of hydrogen-bond donors (Lipinski definition) is 1. The molecule has 116 valence electrons. The number of nitrogens with zero attached hydrogens (tertiary/aromatic N) is 1. The van der Waals surface area contributed by atoms with Crippen LogP contribution < -0.4 is 10.5 Å². The van der Waals surface area contributed by atoms with Crippen LogP contribution >= 0.6 is 0 Å². The number of hydrogen-bond acceptors (Lipinski definition) is 4. The van der Waals surface area contributed by atoms with Crippen molar-refractivity contribution in [3.8, 4) is 5.75 Å². The Labute approximate surface area is 122 Å². The summed E-state index contributed by atoms with van der Waals surface area (Å²) in [5.74, 6) is -1.99. The largest absolute Gasteiger partial charge is 0.492 e. The fraction of sp³-hybridized carbons (Fsp3) is 0.462. The number of carbonyl (C=O) groups excluding carboxylic acids is 1. The minimum atomic E-state index is -3.95. The van der Waals surface area contributed by atoms with Crippen LogP contribution in [0.3, 0.4) is 0 Å². The Balaban J connectivity index is 2.63. The molecule has 0 aromatic heterocycles. The zero-order valence-electron chi connectivity index (χ0n) is 11.8. The maximum atomic E-state index is 13.7. The Morgan fingerprint density at radius 1 is 1.48 bits per heavy atom. The Morgan fingerprint density at radius 3 is 2.57 bits per heavy atom. The minimum Gasteiger partial charge on any atom is -0.492 e. The first kappa shape index (κ1) is 15.7. The number of halogens is 1. The van der Waals surface area contributed by atoms with Crippen molar-refractivity contribution in [2.24, 2.45) is 5.73 Å². The molecule has 1 fully saturated rings. The van der Waals surface area contributed by atoms with Gasteiger partial charge in [-0.3, -0.25) is 4.79 Å². The molecule has 0 bridgehead atoms. The van der Waals surface area contributed by atoms with Crippen LogP contribution in [0.25, 0.3) is 0 Å². The molecule has 8 heteroatoms. The lowest BCUT2D eigenvalue weighted by molar-refractivity contribution is 0.0995. The van der Waals surface area contributed by atoms with Gasteiger partial charge in [-0.2, -0.15) is 4.31 Å². The predicted molar refractivity (Wildman–Crippen MR) is 74.1 cm³/mol. The summed E-state index contributed by atoms with van der Waals surface area (Å²) in [5, 5.41) is 0. The second-order valence-corrected chi connectivity index (χ2v) is 6.80. The number of amides is 1. The molecule has 1 aliphatic carbocycles. The molecule has 1 amide bonds. The van der Waals surface area contributed by atoms with Crippen LogP contribution in [0, 0.1) is 5.82 Å².